The van der Waals surface area contributed by atoms with Crippen LogP contribution in [0.3, 0.4) is 0 Å². The van der Waals surface area contributed by atoms with Gasteiger partial charge in [0.15, 0.2) is 17.3 Å². The number of nitrogens with zero attached hydrogens (tertiary/aromatic N) is 2. The summed E-state index contributed by atoms with van der Waals surface area (Å²) in [4.78, 5) is 16.9. The van der Waals surface area contributed by atoms with E-state index in [1.807, 2.05) is 30.5 Å². The summed E-state index contributed by atoms with van der Waals surface area (Å²) in [6.07, 6.45) is 1.35. The highest BCUT2D eigenvalue weighted by Gasteiger charge is 2.28. The van der Waals surface area contributed by atoms with Crippen molar-refractivity contribution in [3.05, 3.63) is 58.1 Å². The molecule has 0 spiro atoms. The number of imidazole rings is 1. The lowest BCUT2D eigenvalue weighted by atomic mass is 9.98. The Kier molecular flexibility index (Phi) is 5.28. The van der Waals surface area contributed by atoms with Crippen LogP contribution in [0.15, 0.2) is 30.3 Å². The maximum atomic E-state index is 13.7. The van der Waals surface area contributed by atoms with E-state index < -0.39 is 5.82 Å². The third-order valence-corrected chi connectivity index (χ3v) is 5.37. The molecule has 1 aliphatic rings. The number of aryl methyl sites for hydroxylation is 1. The molecule has 5 nitrogen and oxygen atoms in total. The van der Waals surface area contributed by atoms with Crippen LogP contribution in [0.2, 0.25) is 5.02 Å². The van der Waals surface area contributed by atoms with E-state index in [0.717, 1.165) is 23.4 Å². The van der Waals surface area contributed by atoms with Crippen LogP contribution in [0.4, 0.5) is 4.39 Å². The average molecular weight is 429 g/mol. The maximum absolute atomic E-state index is 13.7. The van der Waals surface area contributed by atoms with E-state index in [9.17, 15) is 9.18 Å². The van der Waals surface area contributed by atoms with Crippen molar-refractivity contribution in [3.63, 3.8) is 0 Å². The molecule has 0 radical (unpaired) electrons. The first-order valence-corrected chi connectivity index (χ1v) is 10.1. The zero-order valence-electron chi connectivity index (χ0n) is 17.3. The lowest BCUT2D eigenvalue weighted by molar-refractivity contribution is 0.101. The molecule has 1 aliphatic heterocycles. The summed E-state index contributed by atoms with van der Waals surface area (Å²) in [6, 6.07) is 8.32. The molecule has 0 aliphatic carbocycles. The average Bonchev–Trinajstić information content (AvgIpc) is 3.09. The summed E-state index contributed by atoms with van der Waals surface area (Å²) in [5, 5.41) is 0.00354. The van der Waals surface area contributed by atoms with Gasteiger partial charge in [-0.2, -0.15) is 0 Å². The van der Waals surface area contributed by atoms with E-state index in [4.69, 9.17) is 21.1 Å². The first kappa shape index (κ1) is 20.4. The number of ketones is 1. The number of methoxy groups -OCH3 is 1. The highest BCUT2D eigenvalue weighted by Crippen LogP contribution is 2.40. The lowest BCUT2D eigenvalue weighted by Gasteiger charge is -2.24. The zero-order chi connectivity index (χ0) is 21.6. The van der Waals surface area contributed by atoms with Crippen LogP contribution in [0, 0.1) is 5.82 Å². The van der Waals surface area contributed by atoms with E-state index in [-0.39, 0.29) is 16.9 Å². The molecule has 0 unspecified atom stereocenters. The number of benzene rings is 2. The van der Waals surface area contributed by atoms with Crippen molar-refractivity contribution in [3.8, 4) is 28.6 Å². The summed E-state index contributed by atoms with van der Waals surface area (Å²) in [6.45, 7) is 5.39. The third kappa shape index (κ3) is 3.45. The van der Waals surface area contributed by atoms with Crippen molar-refractivity contribution in [1.82, 2.24) is 9.55 Å². The van der Waals surface area contributed by atoms with Crippen molar-refractivity contribution in [2.24, 2.45) is 0 Å². The molecule has 0 fully saturated rings. The maximum Gasteiger partial charge on any atom is 0.180 e. The van der Waals surface area contributed by atoms with Gasteiger partial charge in [0, 0.05) is 18.6 Å². The number of fused-ring (bicyclic) bond motifs is 3. The second kappa shape index (κ2) is 7.76. The van der Waals surface area contributed by atoms with Crippen LogP contribution in [-0.4, -0.2) is 28.5 Å². The molecule has 0 atom stereocenters. The van der Waals surface area contributed by atoms with Gasteiger partial charge >= 0.3 is 0 Å². The molecule has 2 aromatic carbocycles. The van der Waals surface area contributed by atoms with Gasteiger partial charge in [0.05, 0.1) is 29.6 Å². The van der Waals surface area contributed by atoms with E-state index >= 15 is 0 Å². The first-order valence-electron chi connectivity index (χ1n) is 9.76. The smallest absolute Gasteiger partial charge is 0.180 e. The molecular formula is C23H22ClFN2O3. The summed E-state index contributed by atoms with van der Waals surface area (Å²) >= 11 is 6.02. The van der Waals surface area contributed by atoms with Crippen LogP contribution in [0.25, 0.3) is 17.1 Å². The number of ether oxygens (including phenoxy) is 2. The standard InChI is InChI=1S/C23H22ClFN2O3/c1-12(2)30-21-11-19-14(10-20(21)29-4)6-8-18-22(13(3)28)26-23(27(18)19)15-5-7-17(25)16(24)9-15/h5,7,9-12H,6,8H2,1-4H3. The SMILES string of the molecule is COc1cc2c(cc1OC(C)C)-n1c(-c3ccc(F)c(Cl)c3)nc(C(C)=O)c1CC2. The van der Waals surface area contributed by atoms with Crippen LogP contribution in [0.1, 0.15) is 42.5 Å². The predicted octanol–water partition coefficient (Wildman–Crippen LogP) is 5.43. The van der Waals surface area contributed by atoms with Gasteiger partial charge < -0.3 is 9.47 Å². The number of hydrogen-bond donors (Lipinski definition) is 0. The summed E-state index contributed by atoms with van der Waals surface area (Å²) in [5.74, 6) is 1.19. The van der Waals surface area contributed by atoms with E-state index in [1.165, 1.54) is 19.1 Å². The van der Waals surface area contributed by atoms with Gasteiger partial charge in [0.2, 0.25) is 0 Å². The Morgan fingerprint density at radius 1 is 1.20 bits per heavy atom. The Bertz CT molecular complexity index is 1150. The monoisotopic (exact) mass is 428 g/mol. The number of Topliss-reactive ketones (excluding diaryl/α,β-unsaturated/α-hetero) is 1. The highest BCUT2D eigenvalue weighted by atomic mass is 35.5. The minimum absolute atomic E-state index is 0.00354. The van der Waals surface area contributed by atoms with Gasteiger partial charge in [-0.3, -0.25) is 9.36 Å². The Hall–Kier alpha value is -2.86. The van der Waals surface area contributed by atoms with Crippen molar-refractivity contribution in [1.29, 1.82) is 0 Å². The van der Waals surface area contributed by atoms with Gasteiger partial charge in [-0.05, 0) is 56.5 Å². The molecule has 3 aromatic rings. The molecule has 2 heterocycles. The van der Waals surface area contributed by atoms with Crippen molar-refractivity contribution in [2.45, 2.75) is 39.7 Å². The molecule has 4 rings (SSSR count). The largest absolute Gasteiger partial charge is 0.493 e. The normalized spacial score (nSPS) is 12.5. The Morgan fingerprint density at radius 2 is 1.97 bits per heavy atom. The van der Waals surface area contributed by atoms with Crippen molar-refractivity contribution in [2.75, 3.05) is 7.11 Å². The van der Waals surface area contributed by atoms with E-state index in [1.54, 1.807) is 13.2 Å². The number of aromatic nitrogens is 2. The van der Waals surface area contributed by atoms with Crippen LogP contribution in [-0.2, 0) is 12.8 Å². The van der Waals surface area contributed by atoms with Crippen LogP contribution in [0.5, 0.6) is 11.5 Å². The fourth-order valence-electron chi connectivity index (χ4n) is 3.81. The molecule has 0 saturated carbocycles. The molecule has 156 valence electrons. The Morgan fingerprint density at radius 3 is 2.60 bits per heavy atom. The second-order valence-electron chi connectivity index (χ2n) is 7.55. The molecule has 0 amide bonds. The number of rotatable bonds is 5. The third-order valence-electron chi connectivity index (χ3n) is 5.08. The summed E-state index contributed by atoms with van der Waals surface area (Å²) in [7, 11) is 1.61. The number of carbonyl (C=O) groups is 1. The Labute approximate surface area is 179 Å². The minimum atomic E-state index is -0.504. The van der Waals surface area contributed by atoms with E-state index in [2.05, 4.69) is 4.98 Å². The molecule has 0 N–H and O–H groups in total. The molecule has 0 bridgehead atoms. The molecule has 7 heteroatoms. The molecule has 1 aromatic heterocycles. The number of carbonyl (C=O) groups excluding carboxylic acids is 1. The van der Waals surface area contributed by atoms with Crippen LogP contribution >= 0.6 is 11.6 Å². The van der Waals surface area contributed by atoms with Crippen LogP contribution < -0.4 is 9.47 Å². The van der Waals surface area contributed by atoms with Gasteiger partial charge in [0.25, 0.3) is 0 Å². The predicted molar refractivity (Wildman–Crippen MR) is 114 cm³/mol. The Balaban J connectivity index is 1.99. The van der Waals surface area contributed by atoms with Crippen molar-refractivity contribution < 1.29 is 18.7 Å². The minimum Gasteiger partial charge on any atom is -0.493 e. The van der Waals surface area contributed by atoms with Gasteiger partial charge in [-0.15, -0.1) is 0 Å². The van der Waals surface area contributed by atoms with Crippen molar-refractivity contribution >= 4 is 17.4 Å². The van der Waals surface area contributed by atoms with Gasteiger partial charge in [-0.1, -0.05) is 11.6 Å². The summed E-state index contributed by atoms with van der Waals surface area (Å²) in [5.41, 5.74) is 3.79. The molecule has 0 saturated heterocycles. The molecular weight excluding hydrogens is 407 g/mol. The fraction of sp³-hybridized carbons (Fsp3) is 0.304. The number of halogens is 2. The second-order valence-corrected chi connectivity index (χ2v) is 7.96. The fourth-order valence-corrected chi connectivity index (χ4v) is 3.99. The van der Waals surface area contributed by atoms with E-state index in [0.29, 0.717) is 35.0 Å². The summed E-state index contributed by atoms with van der Waals surface area (Å²) < 4.78 is 27.2. The van der Waals surface area contributed by atoms with Gasteiger partial charge in [-0.25, -0.2) is 9.37 Å². The quantitative estimate of drug-likeness (QED) is 0.508. The topological polar surface area (TPSA) is 53.4 Å². The number of hydrogen-bond acceptors (Lipinski definition) is 4. The first-order chi connectivity index (χ1) is 14.3. The zero-order valence-corrected chi connectivity index (χ0v) is 18.0. The molecule has 30 heavy (non-hydrogen) atoms. The van der Waals surface area contributed by atoms with Gasteiger partial charge in [0.1, 0.15) is 17.3 Å². The highest BCUT2D eigenvalue weighted by molar-refractivity contribution is 6.31. The lowest BCUT2D eigenvalue weighted by Crippen LogP contribution is -2.16.